The highest BCUT2D eigenvalue weighted by molar-refractivity contribution is 7.71. The fraction of sp³-hybridized carbons (Fsp3) is 0.565. The number of nitrogens with one attached hydrogen (secondary N) is 2. The summed E-state index contributed by atoms with van der Waals surface area (Å²) in [4.78, 5) is 50.0. The number of aromatic amines is 2. The van der Waals surface area contributed by atoms with Gasteiger partial charge in [0.25, 0.3) is 11.1 Å². The van der Waals surface area contributed by atoms with Crippen LogP contribution in [0.25, 0.3) is 0 Å². The number of ether oxygens (including phenoxy) is 3. The summed E-state index contributed by atoms with van der Waals surface area (Å²) in [6, 6.07) is 1.13. The Hall–Kier alpha value is -3.22. The maximum Gasteiger partial charge on any atom is 0.310 e. The third-order valence-electron chi connectivity index (χ3n) is 6.94. The van der Waals surface area contributed by atoms with Crippen LogP contribution in [0, 0.1) is 9.54 Å². The van der Waals surface area contributed by atoms with Gasteiger partial charge >= 0.3 is 11.9 Å². The van der Waals surface area contributed by atoms with Crippen molar-refractivity contribution in [3.8, 4) is 0 Å². The van der Waals surface area contributed by atoms with Gasteiger partial charge in [-0.2, -0.15) is 0 Å². The van der Waals surface area contributed by atoms with Crippen molar-refractivity contribution in [1.29, 1.82) is 0 Å². The molecule has 2 saturated heterocycles. The van der Waals surface area contributed by atoms with Gasteiger partial charge in [-0.05, 0) is 24.4 Å². The first-order valence-corrected chi connectivity index (χ1v) is 13.4. The summed E-state index contributed by atoms with van der Waals surface area (Å²) in [5.74, 6) is -4.03. The molecular weight excluding hydrogens is 634 g/mol. The molecule has 2 aliphatic heterocycles. The number of aliphatic hydroxyl groups is 6. The molecule has 0 aromatic carbocycles. The van der Waals surface area contributed by atoms with Crippen molar-refractivity contribution in [1.82, 2.24) is 19.1 Å². The van der Waals surface area contributed by atoms with Crippen LogP contribution in [-0.2, 0) is 41.8 Å². The Kier molecular flexibility index (Phi) is 11.1. The molecule has 0 aliphatic carbocycles. The summed E-state index contributed by atoms with van der Waals surface area (Å²) in [5.41, 5.74) is 2.78. The SMILES string of the molecule is COC(=O)C[C@@]1(n2ccc(=O)[nH]c2=S)O[C@H](CO)[C@@H](O)[C@H]1O.N[C@@]1(n2cc(CC(=O)O)c(=O)[nH]c2=S)O[C@H](CO)[C@@H](O)[C@H]1O. The second-order valence-electron chi connectivity index (χ2n) is 9.73. The van der Waals surface area contributed by atoms with Crippen molar-refractivity contribution in [3.05, 3.63) is 54.3 Å². The van der Waals surface area contributed by atoms with E-state index >= 15 is 0 Å². The van der Waals surface area contributed by atoms with Gasteiger partial charge in [0.15, 0.2) is 15.3 Å². The molecule has 19 nitrogen and oxygen atoms in total. The standard InChI is InChI=1S/C12H16N2O7S.C11H15N3O7S/c1-20-8(17)4-12(10(19)9(18)6(5-15)21-12)14-3-2-7(16)13-11(14)22;12-11(8(19)7(18)5(3-15)21-11)14-2-4(1-6(16)17)9(20)13-10(14)22/h2-3,6,9-10,15,18-19H,4-5H2,1H3,(H,13,16,22);2,5,7-8,15,18-19H,1,3,12H2,(H,16,17)(H,13,20,22)/t6-,9-,10-,12-;5-,7-,8-,11+/m11/s1. The van der Waals surface area contributed by atoms with Gasteiger partial charge < -0.3 is 50.0 Å². The molecule has 4 heterocycles. The minimum Gasteiger partial charge on any atom is -0.481 e. The molecule has 0 amide bonds. The predicted molar refractivity (Wildman–Crippen MR) is 148 cm³/mol. The lowest BCUT2D eigenvalue weighted by Crippen LogP contribution is -2.54. The largest absolute Gasteiger partial charge is 0.481 e. The lowest BCUT2D eigenvalue weighted by Gasteiger charge is -2.33. The Bertz CT molecular complexity index is 1610. The Balaban J connectivity index is 0.000000240. The Labute approximate surface area is 256 Å². The average Bonchev–Trinajstić information content (AvgIpc) is 3.34. The molecular formula is C23H31N5O14S2. The Morgan fingerprint density at radius 2 is 1.57 bits per heavy atom. The number of carboxylic acid groups (broad SMARTS) is 1. The zero-order chi connectivity index (χ0) is 33.1. The molecule has 2 aromatic rings. The molecule has 2 aromatic heterocycles. The fourth-order valence-corrected chi connectivity index (χ4v) is 5.28. The quantitative estimate of drug-likeness (QED) is 0.0937. The summed E-state index contributed by atoms with van der Waals surface area (Å²) >= 11 is 9.96. The molecule has 44 heavy (non-hydrogen) atoms. The van der Waals surface area contributed by atoms with Gasteiger partial charge in [0.2, 0.25) is 5.85 Å². The summed E-state index contributed by atoms with van der Waals surface area (Å²) in [6.45, 7) is -1.17. The number of hydrogen-bond acceptors (Lipinski definition) is 16. The number of methoxy groups -OCH3 is 1. The van der Waals surface area contributed by atoms with Crippen molar-refractivity contribution in [2.24, 2.45) is 5.73 Å². The molecule has 0 bridgehead atoms. The molecule has 21 heteroatoms. The smallest absolute Gasteiger partial charge is 0.310 e. The van der Waals surface area contributed by atoms with E-state index in [0.29, 0.717) is 0 Å². The number of carboxylic acids is 1. The van der Waals surface area contributed by atoms with Gasteiger partial charge in [0.05, 0.1) is 33.2 Å². The van der Waals surface area contributed by atoms with Crippen LogP contribution in [0.3, 0.4) is 0 Å². The van der Waals surface area contributed by atoms with Gasteiger partial charge in [-0.3, -0.25) is 44.0 Å². The molecule has 4 rings (SSSR count). The zero-order valence-corrected chi connectivity index (χ0v) is 24.4. The molecule has 0 spiro atoms. The predicted octanol–water partition coefficient (Wildman–Crippen LogP) is -4.55. The normalized spacial score (nSPS) is 31.3. The van der Waals surface area contributed by atoms with Crippen LogP contribution in [-0.4, -0.2) is 124 Å². The van der Waals surface area contributed by atoms with Gasteiger partial charge in [0, 0.05) is 24.0 Å². The van der Waals surface area contributed by atoms with Gasteiger partial charge in [-0.25, -0.2) is 0 Å². The van der Waals surface area contributed by atoms with Crippen molar-refractivity contribution in [3.63, 3.8) is 0 Å². The Morgan fingerprint density at radius 3 is 2.07 bits per heavy atom. The number of H-pyrrole nitrogens is 2. The number of aliphatic carboxylic acids is 1. The lowest BCUT2D eigenvalue weighted by atomic mass is 9.99. The van der Waals surface area contributed by atoms with Crippen LogP contribution in [0.4, 0.5) is 0 Å². The third kappa shape index (κ3) is 6.72. The van der Waals surface area contributed by atoms with Crippen LogP contribution in [0.1, 0.15) is 12.0 Å². The van der Waals surface area contributed by atoms with E-state index in [9.17, 15) is 44.7 Å². The van der Waals surface area contributed by atoms with E-state index in [-0.39, 0.29) is 15.1 Å². The number of nitrogens with zero attached hydrogens (tertiary/aromatic N) is 2. The monoisotopic (exact) mass is 665 g/mol. The highest BCUT2D eigenvalue weighted by Crippen LogP contribution is 2.38. The van der Waals surface area contributed by atoms with E-state index in [2.05, 4.69) is 14.7 Å². The molecule has 2 fully saturated rings. The number of hydrogen-bond donors (Lipinski definition) is 10. The van der Waals surface area contributed by atoms with Gasteiger partial charge in [-0.1, -0.05) is 0 Å². The van der Waals surface area contributed by atoms with Crippen LogP contribution < -0.4 is 16.9 Å². The highest BCUT2D eigenvalue weighted by Gasteiger charge is 2.57. The van der Waals surface area contributed by atoms with Crippen LogP contribution >= 0.6 is 24.4 Å². The average molecular weight is 666 g/mol. The maximum atomic E-state index is 11.7. The number of nitrogens with two attached hydrogens (primary N) is 1. The van der Waals surface area contributed by atoms with E-state index in [0.717, 1.165) is 28.5 Å². The third-order valence-corrected chi connectivity index (χ3v) is 7.54. The molecule has 8 atom stereocenters. The van der Waals surface area contributed by atoms with Crippen LogP contribution in [0.2, 0.25) is 0 Å². The molecule has 0 saturated carbocycles. The van der Waals surface area contributed by atoms with Crippen molar-refractivity contribution in [2.45, 2.75) is 61.0 Å². The first kappa shape index (κ1) is 35.3. The minimum absolute atomic E-state index is 0.110. The van der Waals surface area contributed by atoms with E-state index in [4.69, 9.17) is 49.9 Å². The second-order valence-corrected chi connectivity index (χ2v) is 10.5. The van der Waals surface area contributed by atoms with E-state index in [1.165, 1.54) is 6.20 Å². The summed E-state index contributed by atoms with van der Waals surface area (Å²) < 4.78 is 17.1. The topological polar surface area (TPSA) is 305 Å². The van der Waals surface area contributed by atoms with Crippen molar-refractivity contribution < 1.29 is 59.5 Å². The minimum atomic E-state index is -2.05. The summed E-state index contributed by atoms with van der Waals surface area (Å²) in [7, 11) is 1.16. The lowest BCUT2D eigenvalue weighted by molar-refractivity contribution is -0.175. The highest BCUT2D eigenvalue weighted by atomic mass is 32.1. The zero-order valence-electron chi connectivity index (χ0n) is 22.8. The molecule has 0 radical (unpaired) electrons. The van der Waals surface area contributed by atoms with Crippen LogP contribution in [0.15, 0.2) is 28.0 Å². The molecule has 11 N–H and O–H groups in total. The van der Waals surface area contributed by atoms with Gasteiger partial charge in [0.1, 0.15) is 36.6 Å². The molecule has 2 aliphatic rings. The van der Waals surface area contributed by atoms with Crippen LogP contribution in [0.5, 0.6) is 0 Å². The first-order chi connectivity index (χ1) is 20.6. The fourth-order valence-electron chi connectivity index (χ4n) is 4.68. The first-order valence-electron chi connectivity index (χ1n) is 12.6. The molecule has 0 unspecified atom stereocenters. The number of carbonyl (C=O) groups excluding carboxylic acids is 1. The van der Waals surface area contributed by atoms with E-state index in [1.807, 2.05) is 0 Å². The number of aromatic nitrogens is 4. The van der Waals surface area contributed by atoms with E-state index in [1.54, 1.807) is 0 Å². The van der Waals surface area contributed by atoms with Gasteiger partial charge in [-0.15, -0.1) is 0 Å². The number of carbonyl (C=O) groups is 2. The van der Waals surface area contributed by atoms with Crippen molar-refractivity contribution >= 4 is 36.4 Å². The number of aliphatic hydroxyl groups excluding tert-OH is 6. The van der Waals surface area contributed by atoms with E-state index < -0.39 is 97.3 Å². The van der Waals surface area contributed by atoms with Crippen molar-refractivity contribution in [2.75, 3.05) is 20.3 Å². The number of rotatable bonds is 8. The second kappa shape index (κ2) is 13.8. The molecule has 244 valence electrons. The number of esters is 1. The summed E-state index contributed by atoms with van der Waals surface area (Å²) in [6.07, 6.45) is -7.20. The summed E-state index contributed by atoms with van der Waals surface area (Å²) in [5, 5.41) is 67.3. The Morgan fingerprint density at radius 1 is 1.00 bits per heavy atom. The maximum absolute atomic E-state index is 11.7.